The van der Waals surface area contributed by atoms with Gasteiger partial charge in [0.1, 0.15) is 12.7 Å². The van der Waals surface area contributed by atoms with Crippen molar-refractivity contribution < 1.29 is 17.7 Å². The van der Waals surface area contributed by atoms with Crippen molar-refractivity contribution in [1.82, 2.24) is 24.9 Å². The van der Waals surface area contributed by atoms with Crippen LogP contribution in [0.3, 0.4) is 0 Å². The minimum atomic E-state index is -4.50. The van der Waals surface area contributed by atoms with Crippen molar-refractivity contribution in [3.63, 3.8) is 0 Å². The highest BCUT2D eigenvalue weighted by molar-refractivity contribution is 5.68. The van der Waals surface area contributed by atoms with E-state index in [1.807, 2.05) is 0 Å². The summed E-state index contributed by atoms with van der Waals surface area (Å²) < 4.78 is 46.2. The molecule has 0 aliphatic rings. The first-order valence-corrected chi connectivity index (χ1v) is 8.87. The second kappa shape index (κ2) is 8.09. The predicted octanol–water partition coefficient (Wildman–Crippen LogP) is 3.50. The van der Waals surface area contributed by atoms with E-state index in [0.717, 1.165) is 18.6 Å². The Hall–Kier alpha value is -2.75. The van der Waals surface area contributed by atoms with E-state index in [1.54, 1.807) is 0 Å². The largest absolute Gasteiger partial charge is 0.416 e. The van der Waals surface area contributed by atoms with Gasteiger partial charge in [-0.3, -0.25) is 0 Å². The van der Waals surface area contributed by atoms with Crippen LogP contribution in [0.2, 0.25) is 0 Å². The van der Waals surface area contributed by atoms with Gasteiger partial charge in [-0.05, 0) is 43.0 Å². The van der Waals surface area contributed by atoms with E-state index in [-0.39, 0.29) is 17.3 Å². The lowest BCUT2D eigenvalue weighted by molar-refractivity contribution is -0.137. The SMILES string of the molecule is CC(C)C[C@H](CN)Cc1nc(-c2cc(C(F)(F)F)ccc2-n2cncn2)no1. The van der Waals surface area contributed by atoms with Gasteiger partial charge in [-0.15, -0.1) is 0 Å². The molecule has 3 rings (SSSR count). The van der Waals surface area contributed by atoms with Crippen LogP contribution in [0.1, 0.15) is 31.7 Å². The third kappa shape index (κ3) is 4.56. The molecule has 28 heavy (non-hydrogen) atoms. The number of hydrogen-bond acceptors (Lipinski definition) is 6. The van der Waals surface area contributed by atoms with Crippen LogP contribution in [-0.4, -0.2) is 31.4 Å². The number of benzene rings is 1. The minimum absolute atomic E-state index is 0.0620. The first kappa shape index (κ1) is 20.0. The van der Waals surface area contributed by atoms with Crippen molar-refractivity contribution in [3.8, 4) is 17.1 Å². The van der Waals surface area contributed by atoms with E-state index in [1.165, 1.54) is 23.4 Å². The molecule has 0 saturated carbocycles. The molecule has 0 spiro atoms. The van der Waals surface area contributed by atoms with Crippen molar-refractivity contribution in [2.75, 3.05) is 6.54 Å². The molecular weight excluding hydrogens is 373 g/mol. The molecule has 2 aromatic heterocycles. The van der Waals surface area contributed by atoms with E-state index in [2.05, 4.69) is 34.1 Å². The highest BCUT2D eigenvalue weighted by Crippen LogP contribution is 2.34. The fourth-order valence-corrected chi connectivity index (χ4v) is 3.05. The van der Waals surface area contributed by atoms with Crippen LogP contribution in [0, 0.1) is 11.8 Å². The molecule has 7 nitrogen and oxygen atoms in total. The third-order valence-electron chi connectivity index (χ3n) is 4.30. The Labute approximate surface area is 159 Å². The number of alkyl halides is 3. The molecule has 2 N–H and O–H groups in total. The quantitative estimate of drug-likeness (QED) is 0.659. The van der Waals surface area contributed by atoms with Crippen LogP contribution < -0.4 is 5.73 Å². The second-order valence-electron chi connectivity index (χ2n) is 7.02. The number of rotatable bonds is 7. The molecule has 0 fully saturated rings. The number of nitrogens with two attached hydrogens (primary N) is 1. The Morgan fingerprint density at radius 3 is 2.64 bits per heavy atom. The molecule has 0 bridgehead atoms. The third-order valence-corrected chi connectivity index (χ3v) is 4.30. The van der Waals surface area contributed by atoms with Gasteiger partial charge >= 0.3 is 6.18 Å². The number of nitrogens with zero attached hydrogens (tertiary/aromatic N) is 5. The summed E-state index contributed by atoms with van der Waals surface area (Å²) in [6.45, 7) is 4.65. The highest BCUT2D eigenvalue weighted by atomic mass is 19.4. The molecule has 10 heteroatoms. The van der Waals surface area contributed by atoms with Gasteiger partial charge in [0.05, 0.1) is 11.3 Å². The summed E-state index contributed by atoms with van der Waals surface area (Å²) >= 11 is 0. The van der Waals surface area contributed by atoms with E-state index >= 15 is 0 Å². The standard InChI is InChI=1S/C18H21F3N6O/c1-11(2)5-12(8-22)6-16-25-17(26-28-16)14-7-13(18(19,20)21)3-4-15(14)27-10-23-9-24-27/h3-4,7,9-12H,5-6,8,22H2,1-2H3/t12-/m0/s1. The Balaban J connectivity index is 1.97. The van der Waals surface area contributed by atoms with E-state index in [0.29, 0.717) is 30.5 Å². The molecule has 1 aromatic carbocycles. The zero-order valence-corrected chi connectivity index (χ0v) is 15.5. The molecule has 0 unspecified atom stereocenters. The average molecular weight is 394 g/mol. The summed E-state index contributed by atoms with van der Waals surface area (Å²) in [5.41, 5.74) is 5.53. The Kier molecular flexibility index (Phi) is 5.78. The summed E-state index contributed by atoms with van der Waals surface area (Å²) in [6.07, 6.45) is -0.452. The lowest BCUT2D eigenvalue weighted by Crippen LogP contribution is -2.19. The van der Waals surface area contributed by atoms with Gasteiger partial charge in [0.2, 0.25) is 11.7 Å². The first-order chi connectivity index (χ1) is 13.3. The normalized spacial score (nSPS) is 13.2. The van der Waals surface area contributed by atoms with Crippen LogP contribution in [0.5, 0.6) is 0 Å². The van der Waals surface area contributed by atoms with Crippen LogP contribution in [0.15, 0.2) is 35.4 Å². The lowest BCUT2D eigenvalue weighted by Gasteiger charge is -2.14. The maximum atomic E-state index is 13.2. The summed E-state index contributed by atoms with van der Waals surface area (Å²) in [5.74, 6) is 1.02. The zero-order valence-electron chi connectivity index (χ0n) is 15.5. The van der Waals surface area contributed by atoms with Gasteiger partial charge in [-0.2, -0.15) is 23.3 Å². The average Bonchev–Trinajstić information content (AvgIpc) is 3.31. The Morgan fingerprint density at radius 2 is 2.04 bits per heavy atom. The van der Waals surface area contributed by atoms with Crippen LogP contribution in [-0.2, 0) is 12.6 Å². The van der Waals surface area contributed by atoms with E-state index in [9.17, 15) is 13.2 Å². The molecule has 0 radical (unpaired) electrons. The number of aromatic nitrogens is 5. The molecule has 3 aromatic rings. The van der Waals surface area contributed by atoms with Crippen molar-refractivity contribution in [1.29, 1.82) is 0 Å². The summed E-state index contributed by atoms with van der Waals surface area (Å²) in [6, 6.07) is 3.28. The summed E-state index contributed by atoms with van der Waals surface area (Å²) in [4.78, 5) is 8.15. The van der Waals surface area contributed by atoms with Crippen molar-refractivity contribution in [3.05, 3.63) is 42.3 Å². The van der Waals surface area contributed by atoms with Gasteiger partial charge in [0, 0.05) is 12.0 Å². The molecule has 1 atom stereocenters. The summed E-state index contributed by atoms with van der Waals surface area (Å²) in [7, 11) is 0. The topological polar surface area (TPSA) is 95.7 Å². The van der Waals surface area contributed by atoms with Crippen molar-refractivity contribution in [2.24, 2.45) is 17.6 Å². The van der Waals surface area contributed by atoms with E-state index < -0.39 is 11.7 Å². The van der Waals surface area contributed by atoms with Crippen LogP contribution in [0.4, 0.5) is 13.2 Å². The number of hydrogen-bond donors (Lipinski definition) is 1. The predicted molar refractivity (Wildman–Crippen MR) is 95.4 cm³/mol. The number of halogens is 3. The minimum Gasteiger partial charge on any atom is -0.339 e. The van der Waals surface area contributed by atoms with Crippen molar-refractivity contribution in [2.45, 2.75) is 32.9 Å². The first-order valence-electron chi connectivity index (χ1n) is 8.87. The Morgan fingerprint density at radius 1 is 1.25 bits per heavy atom. The molecule has 150 valence electrons. The van der Waals surface area contributed by atoms with E-state index in [4.69, 9.17) is 10.3 Å². The fraction of sp³-hybridized carbons (Fsp3) is 0.444. The molecule has 0 aliphatic carbocycles. The van der Waals surface area contributed by atoms with Gasteiger partial charge < -0.3 is 10.3 Å². The molecular formula is C18H21F3N6O. The molecule has 0 aliphatic heterocycles. The highest BCUT2D eigenvalue weighted by Gasteiger charge is 2.32. The smallest absolute Gasteiger partial charge is 0.339 e. The van der Waals surface area contributed by atoms with Gasteiger partial charge in [-0.25, -0.2) is 9.67 Å². The molecule has 2 heterocycles. The van der Waals surface area contributed by atoms with Crippen LogP contribution in [0.25, 0.3) is 17.1 Å². The van der Waals surface area contributed by atoms with Gasteiger partial charge in [0.15, 0.2) is 0 Å². The molecule has 0 amide bonds. The van der Waals surface area contributed by atoms with Gasteiger partial charge in [0.25, 0.3) is 0 Å². The zero-order chi connectivity index (χ0) is 20.3. The van der Waals surface area contributed by atoms with Crippen LogP contribution >= 0.6 is 0 Å². The fourth-order valence-electron chi connectivity index (χ4n) is 3.05. The monoisotopic (exact) mass is 394 g/mol. The molecule has 0 saturated heterocycles. The Bertz CT molecular complexity index is 904. The van der Waals surface area contributed by atoms with Crippen molar-refractivity contribution >= 4 is 0 Å². The lowest BCUT2D eigenvalue weighted by atomic mass is 9.94. The maximum Gasteiger partial charge on any atom is 0.416 e. The van der Waals surface area contributed by atoms with Gasteiger partial charge in [-0.1, -0.05) is 19.0 Å². The maximum absolute atomic E-state index is 13.2. The second-order valence-corrected chi connectivity index (χ2v) is 7.02. The summed E-state index contributed by atoms with van der Waals surface area (Å²) in [5, 5.41) is 7.88.